The summed E-state index contributed by atoms with van der Waals surface area (Å²) in [6.45, 7) is 17.3. The van der Waals surface area contributed by atoms with Gasteiger partial charge in [0.05, 0.1) is 31.8 Å². The van der Waals surface area contributed by atoms with Gasteiger partial charge in [0, 0.05) is 26.6 Å². The zero-order valence-electron chi connectivity index (χ0n) is 28.7. The van der Waals surface area contributed by atoms with Gasteiger partial charge >= 0.3 is 14.5 Å². The minimum Gasteiger partial charge on any atom is -0.481 e. The topological polar surface area (TPSA) is 194 Å². The highest BCUT2D eigenvalue weighted by Crippen LogP contribution is 2.35. The first-order valence-electron chi connectivity index (χ1n) is 14.7. The number of imidazole rings is 1. The van der Waals surface area contributed by atoms with Crippen LogP contribution in [0.4, 0.5) is 0 Å². The summed E-state index contributed by atoms with van der Waals surface area (Å²) >= 11 is 0. The number of aliphatic carboxylic acids is 1. The van der Waals surface area contributed by atoms with Gasteiger partial charge in [-0.1, -0.05) is 80.0 Å². The fourth-order valence-electron chi connectivity index (χ4n) is 2.50. The molecule has 0 saturated heterocycles. The average Bonchev–Trinajstić information content (AvgIpc) is 3.55. The number of nitrogens with one attached hydrogen (secondary N) is 3. The summed E-state index contributed by atoms with van der Waals surface area (Å²) in [5.74, 6) is 0.449. The number of carbonyl (C=O) groups is 2. The van der Waals surface area contributed by atoms with Crippen molar-refractivity contribution in [2.75, 3.05) is 34.0 Å². The summed E-state index contributed by atoms with van der Waals surface area (Å²) in [6.07, 6.45) is 6.87. The molecule has 0 amide bonds. The number of methoxy groups -OCH3 is 2. The van der Waals surface area contributed by atoms with Crippen LogP contribution in [0.3, 0.4) is 0 Å². The molecule has 0 aliphatic carbocycles. The van der Waals surface area contributed by atoms with E-state index in [-0.39, 0.29) is 24.4 Å². The summed E-state index contributed by atoms with van der Waals surface area (Å²) in [5, 5.41) is 17.5. The van der Waals surface area contributed by atoms with Crippen molar-refractivity contribution in [1.82, 2.24) is 15.1 Å². The maximum Gasteiger partial charge on any atom is 0.318 e. The van der Waals surface area contributed by atoms with E-state index in [2.05, 4.69) is 47.7 Å². The van der Waals surface area contributed by atoms with Crippen molar-refractivity contribution in [3.8, 4) is 5.75 Å². The third kappa shape index (κ3) is 30.6. The van der Waals surface area contributed by atoms with E-state index in [1.54, 1.807) is 40.5 Å². The number of amidine groups is 1. The van der Waals surface area contributed by atoms with Gasteiger partial charge in [0.25, 0.3) is 0 Å². The number of aromatic amines is 1. The normalized spacial score (nSPS) is 11.8. The molecule has 258 valence electrons. The predicted molar refractivity (Wildman–Crippen MR) is 183 cm³/mol. The van der Waals surface area contributed by atoms with Crippen molar-refractivity contribution >= 4 is 33.0 Å². The second-order valence-electron chi connectivity index (χ2n) is 10.2. The highest BCUT2D eigenvalue weighted by Gasteiger charge is 2.16. The number of rotatable bonds is 15. The summed E-state index contributed by atoms with van der Waals surface area (Å²) < 4.78 is 21.6. The lowest BCUT2D eigenvalue weighted by atomic mass is 9.99. The molecule has 1 heterocycles. The number of hydrogen-bond acceptors (Lipinski definition) is 9. The van der Waals surface area contributed by atoms with E-state index in [9.17, 15) is 9.59 Å². The lowest BCUT2D eigenvalue weighted by Gasteiger charge is -2.20. The smallest absolute Gasteiger partial charge is 0.318 e. The number of H-pyrrole nitrogens is 1. The number of carbonyl (C=O) groups excluding carboxylic acids is 1. The number of ether oxygens (including phenoxy) is 2. The molecule has 2 aromatic rings. The van der Waals surface area contributed by atoms with Gasteiger partial charge < -0.3 is 39.1 Å². The fourth-order valence-corrected chi connectivity index (χ4v) is 3.55. The molecule has 13 nitrogen and oxygen atoms in total. The first-order valence-corrected chi connectivity index (χ1v) is 15.9. The third-order valence-electron chi connectivity index (χ3n) is 4.57. The number of carboxylic acid groups (broad SMARTS) is 1. The SMILES string of the molecule is CC.CC(C)C(=O)O.CCCC(COP(NCC=O)Oc1ccccc1)OC.COCC(C)(C)C.N=CN=C(N)c1ncc[nH]1. The van der Waals surface area contributed by atoms with E-state index in [0.717, 1.165) is 32.1 Å². The standard InChI is InChI=1S/C14H22NO4P.C6H14O.C5H7N5.C4H8O2.C2H6/c1-3-7-14(17-2)12-18-20(15-10-11-16)19-13-8-5-4-6-9-13;1-6(2,3)5-7-4;6-3-10-4(7)5-8-1-2-9-5;1-3(2)4(5)6;1-2/h4-6,8-9,11,14-15H,3,7,10,12H2,1-2H3;5H2,1-4H3;1-3H,(H,8,9)(H3,6,7,10);3H,1-2H3,(H,5,6);1-2H3. The molecule has 0 bridgehead atoms. The molecule has 2 unspecified atom stereocenters. The first-order chi connectivity index (χ1) is 21.3. The number of carboxylic acids is 1. The first kappa shape index (κ1) is 46.2. The van der Waals surface area contributed by atoms with Gasteiger partial charge in [-0.25, -0.2) is 15.1 Å². The van der Waals surface area contributed by atoms with Gasteiger partial charge in [0.1, 0.15) is 18.4 Å². The molecular weight excluding hydrogens is 599 g/mol. The Morgan fingerprint density at radius 1 is 1.22 bits per heavy atom. The fraction of sp³-hybridized carbons (Fsp3) is 0.581. The quantitative estimate of drug-likeness (QED) is 0.0650. The van der Waals surface area contributed by atoms with Gasteiger partial charge in [-0.2, -0.15) is 0 Å². The van der Waals surface area contributed by atoms with Crippen LogP contribution in [-0.2, 0) is 23.6 Å². The molecule has 0 aliphatic heterocycles. The summed E-state index contributed by atoms with van der Waals surface area (Å²) in [4.78, 5) is 30.3. The largest absolute Gasteiger partial charge is 0.481 e. The number of aliphatic imine (C=N–C) groups is 1. The van der Waals surface area contributed by atoms with Crippen LogP contribution in [0.25, 0.3) is 0 Å². The lowest BCUT2D eigenvalue weighted by Crippen LogP contribution is -2.21. The number of hydrogen-bond donors (Lipinski definition) is 5. The van der Waals surface area contributed by atoms with Crippen LogP contribution in [0, 0.1) is 16.7 Å². The minimum absolute atomic E-state index is 0.0439. The van der Waals surface area contributed by atoms with Crippen LogP contribution in [0.5, 0.6) is 5.75 Å². The molecule has 2 rings (SSSR count). The summed E-state index contributed by atoms with van der Waals surface area (Å²) in [5.41, 5.74) is 5.68. The second kappa shape index (κ2) is 30.8. The minimum atomic E-state index is -1.35. The highest BCUT2D eigenvalue weighted by atomic mass is 31.2. The Hall–Kier alpha value is -3.22. The molecule has 0 aliphatic rings. The Morgan fingerprint density at radius 3 is 2.20 bits per heavy atom. The number of aldehydes is 1. The number of nitrogens with zero attached hydrogens (tertiary/aromatic N) is 2. The monoisotopic (exact) mass is 656 g/mol. The van der Waals surface area contributed by atoms with E-state index in [1.165, 1.54) is 0 Å². The molecule has 14 heteroatoms. The van der Waals surface area contributed by atoms with Gasteiger partial charge in [-0.05, 0) is 24.0 Å². The van der Waals surface area contributed by atoms with Crippen LogP contribution in [0.2, 0.25) is 0 Å². The molecule has 45 heavy (non-hydrogen) atoms. The van der Waals surface area contributed by atoms with Crippen LogP contribution in [-0.4, -0.2) is 79.6 Å². The van der Waals surface area contributed by atoms with E-state index in [1.807, 2.05) is 44.2 Å². The Bertz CT molecular complexity index is 988. The Morgan fingerprint density at radius 2 is 1.82 bits per heavy atom. The van der Waals surface area contributed by atoms with Crippen LogP contribution < -0.4 is 15.3 Å². The van der Waals surface area contributed by atoms with Gasteiger partial charge in [-0.3, -0.25) is 10.2 Å². The molecule has 6 N–H and O–H groups in total. The Labute approximate surface area is 271 Å². The number of para-hydroxylation sites is 1. The zero-order chi connectivity index (χ0) is 35.1. The van der Waals surface area contributed by atoms with E-state index < -0.39 is 14.5 Å². The Balaban J connectivity index is -0.000000586. The van der Waals surface area contributed by atoms with E-state index in [4.69, 9.17) is 34.8 Å². The van der Waals surface area contributed by atoms with Crippen molar-refractivity contribution < 1.29 is 33.2 Å². The molecule has 0 radical (unpaired) electrons. The van der Waals surface area contributed by atoms with Crippen molar-refractivity contribution in [2.45, 2.75) is 74.3 Å². The van der Waals surface area contributed by atoms with Crippen LogP contribution >= 0.6 is 8.53 Å². The third-order valence-corrected chi connectivity index (χ3v) is 5.77. The van der Waals surface area contributed by atoms with Gasteiger partial charge in [-0.15, -0.1) is 0 Å². The van der Waals surface area contributed by atoms with E-state index in [0.29, 0.717) is 23.6 Å². The van der Waals surface area contributed by atoms with Crippen molar-refractivity contribution in [3.05, 3.63) is 48.5 Å². The molecule has 0 spiro atoms. The van der Waals surface area contributed by atoms with Crippen molar-refractivity contribution in [1.29, 1.82) is 5.41 Å². The zero-order valence-corrected chi connectivity index (χ0v) is 29.6. The summed E-state index contributed by atoms with van der Waals surface area (Å²) in [7, 11) is 2.04. The molecule has 0 saturated carbocycles. The van der Waals surface area contributed by atoms with Crippen molar-refractivity contribution in [3.63, 3.8) is 0 Å². The van der Waals surface area contributed by atoms with Crippen LogP contribution in [0.1, 0.15) is 74.1 Å². The lowest BCUT2D eigenvalue weighted by molar-refractivity contribution is -0.140. The summed E-state index contributed by atoms with van der Waals surface area (Å²) in [6, 6.07) is 9.38. The van der Waals surface area contributed by atoms with E-state index >= 15 is 0 Å². The molecule has 1 aromatic heterocycles. The Kier molecular flexibility index (Phi) is 31.6. The second-order valence-corrected chi connectivity index (χ2v) is 11.5. The maximum absolute atomic E-state index is 10.5. The maximum atomic E-state index is 10.5. The van der Waals surface area contributed by atoms with Gasteiger partial charge in [0.2, 0.25) is 0 Å². The molecule has 0 fully saturated rings. The van der Waals surface area contributed by atoms with Crippen molar-refractivity contribution in [2.24, 2.45) is 22.1 Å². The molecule has 1 aromatic carbocycles. The van der Waals surface area contributed by atoms with Crippen LogP contribution in [0.15, 0.2) is 47.7 Å². The number of benzene rings is 1. The molecular formula is C31H57N6O7P. The highest BCUT2D eigenvalue weighted by molar-refractivity contribution is 7.45. The number of aromatic nitrogens is 2. The predicted octanol–water partition coefficient (Wildman–Crippen LogP) is 6.07. The number of nitrogens with two attached hydrogens (primary N) is 1. The van der Waals surface area contributed by atoms with Gasteiger partial charge in [0.15, 0.2) is 11.7 Å². The average molecular weight is 657 g/mol. The molecule has 2 atom stereocenters.